The van der Waals surface area contributed by atoms with Gasteiger partial charge in [-0.25, -0.2) is 0 Å². The maximum atomic E-state index is 5.62. The first-order valence-electron chi connectivity index (χ1n) is 7.82. The van der Waals surface area contributed by atoms with Crippen molar-refractivity contribution in [3.05, 3.63) is 53.0 Å². The Balaban J connectivity index is 1.42. The monoisotopic (exact) mass is 311 g/mol. The van der Waals surface area contributed by atoms with E-state index in [0.717, 1.165) is 42.6 Å². The number of hydrogen-bond donors (Lipinski definition) is 0. The van der Waals surface area contributed by atoms with Crippen LogP contribution < -0.4 is 0 Å². The van der Waals surface area contributed by atoms with Gasteiger partial charge in [0.25, 0.3) is 5.89 Å². The molecule has 3 aromatic rings. The number of benzene rings is 1. The van der Waals surface area contributed by atoms with E-state index in [4.69, 9.17) is 13.8 Å². The minimum atomic E-state index is 0.304. The lowest BCUT2D eigenvalue weighted by atomic mass is 9.96. The summed E-state index contributed by atoms with van der Waals surface area (Å²) in [5, 5.41) is 8.06. The van der Waals surface area contributed by atoms with Crippen LogP contribution in [0.3, 0.4) is 0 Å². The number of ether oxygens (including phenoxy) is 1. The number of aromatic nitrogens is 3. The van der Waals surface area contributed by atoms with Gasteiger partial charge in [0.1, 0.15) is 12.4 Å². The number of nitrogens with zero attached hydrogens (tertiary/aromatic N) is 3. The van der Waals surface area contributed by atoms with Crippen LogP contribution >= 0.6 is 0 Å². The summed E-state index contributed by atoms with van der Waals surface area (Å²) < 4.78 is 16.3. The minimum Gasteiger partial charge on any atom is -0.369 e. The average molecular weight is 311 g/mol. The molecule has 0 saturated heterocycles. The van der Waals surface area contributed by atoms with Crippen molar-refractivity contribution in [1.29, 1.82) is 0 Å². The van der Waals surface area contributed by atoms with Gasteiger partial charge in [0.05, 0.1) is 6.61 Å². The van der Waals surface area contributed by atoms with Crippen molar-refractivity contribution in [1.82, 2.24) is 15.3 Å². The Morgan fingerprint density at radius 2 is 1.83 bits per heavy atom. The van der Waals surface area contributed by atoms with Crippen molar-refractivity contribution in [3.63, 3.8) is 0 Å². The van der Waals surface area contributed by atoms with Crippen molar-refractivity contribution in [2.24, 2.45) is 0 Å². The molecule has 6 heteroatoms. The molecule has 0 amide bonds. The highest BCUT2D eigenvalue weighted by Gasteiger charge is 2.24. The second-order valence-electron chi connectivity index (χ2n) is 5.63. The zero-order valence-corrected chi connectivity index (χ0v) is 12.7. The molecular weight excluding hydrogens is 294 g/mol. The van der Waals surface area contributed by atoms with Gasteiger partial charge in [-0.2, -0.15) is 4.98 Å². The molecule has 0 unspecified atom stereocenters. The van der Waals surface area contributed by atoms with Crippen LogP contribution in [-0.4, -0.2) is 15.3 Å². The van der Waals surface area contributed by atoms with Gasteiger partial charge >= 0.3 is 0 Å². The molecule has 0 fully saturated rings. The van der Waals surface area contributed by atoms with Crippen LogP contribution in [0.15, 0.2) is 39.4 Å². The molecule has 4 rings (SSSR count). The standard InChI is InChI=1S/C17H17N3O3/c1-2-6-12(7-3-1)10-21-11-15-18-17(23-19-15)16-13-8-4-5-9-14(13)22-20-16/h1-3,6-7H,4-5,8-11H2. The van der Waals surface area contributed by atoms with Crippen LogP contribution in [0.25, 0.3) is 11.6 Å². The quantitative estimate of drug-likeness (QED) is 0.719. The highest BCUT2D eigenvalue weighted by atomic mass is 16.5. The Hall–Kier alpha value is -2.47. The summed E-state index contributed by atoms with van der Waals surface area (Å²) in [6.45, 7) is 0.822. The van der Waals surface area contributed by atoms with Gasteiger partial charge in [-0.15, -0.1) is 0 Å². The predicted octanol–water partition coefficient (Wildman–Crippen LogP) is 3.32. The van der Waals surface area contributed by atoms with Crippen LogP contribution in [0.4, 0.5) is 0 Å². The highest BCUT2D eigenvalue weighted by molar-refractivity contribution is 5.53. The van der Waals surface area contributed by atoms with E-state index in [1.807, 2.05) is 30.3 Å². The zero-order chi connectivity index (χ0) is 15.5. The number of hydrogen-bond acceptors (Lipinski definition) is 6. The maximum absolute atomic E-state index is 5.62. The fourth-order valence-electron chi connectivity index (χ4n) is 2.80. The van der Waals surface area contributed by atoms with Crippen LogP contribution in [0.2, 0.25) is 0 Å². The molecule has 0 radical (unpaired) electrons. The third-order valence-electron chi connectivity index (χ3n) is 3.96. The number of fused-ring (bicyclic) bond motifs is 1. The van der Waals surface area contributed by atoms with Gasteiger partial charge in [-0.05, 0) is 24.8 Å². The van der Waals surface area contributed by atoms with E-state index in [9.17, 15) is 0 Å². The fraction of sp³-hybridized carbons (Fsp3) is 0.353. The maximum Gasteiger partial charge on any atom is 0.280 e. The Morgan fingerprint density at radius 1 is 0.957 bits per heavy atom. The van der Waals surface area contributed by atoms with E-state index in [2.05, 4.69) is 15.3 Å². The van der Waals surface area contributed by atoms with Gasteiger partial charge in [0.15, 0.2) is 11.5 Å². The second kappa shape index (κ2) is 6.34. The van der Waals surface area contributed by atoms with Crippen LogP contribution in [0.5, 0.6) is 0 Å². The Labute approximate surface area is 133 Å². The summed E-state index contributed by atoms with van der Waals surface area (Å²) in [6.07, 6.45) is 4.17. The van der Waals surface area contributed by atoms with Gasteiger partial charge in [0, 0.05) is 12.0 Å². The molecule has 6 nitrogen and oxygen atoms in total. The largest absolute Gasteiger partial charge is 0.369 e. The Morgan fingerprint density at radius 3 is 2.74 bits per heavy atom. The Bertz CT molecular complexity index is 779. The highest BCUT2D eigenvalue weighted by Crippen LogP contribution is 2.30. The SMILES string of the molecule is c1ccc(COCc2noc(-c3noc4c3CCCC4)n2)cc1. The molecule has 2 heterocycles. The summed E-state index contributed by atoms with van der Waals surface area (Å²) in [6, 6.07) is 9.98. The summed E-state index contributed by atoms with van der Waals surface area (Å²) in [4.78, 5) is 4.37. The molecule has 1 aliphatic carbocycles. The topological polar surface area (TPSA) is 74.2 Å². The van der Waals surface area contributed by atoms with Crippen molar-refractivity contribution < 1.29 is 13.8 Å². The second-order valence-corrected chi connectivity index (χ2v) is 5.63. The third-order valence-corrected chi connectivity index (χ3v) is 3.96. The third kappa shape index (κ3) is 3.03. The smallest absolute Gasteiger partial charge is 0.280 e. The van der Waals surface area contributed by atoms with E-state index >= 15 is 0 Å². The van der Waals surface area contributed by atoms with Gasteiger partial charge < -0.3 is 13.8 Å². The van der Waals surface area contributed by atoms with E-state index in [1.54, 1.807) is 0 Å². The lowest BCUT2D eigenvalue weighted by molar-refractivity contribution is 0.0999. The lowest BCUT2D eigenvalue weighted by Crippen LogP contribution is -2.00. The summed E-state index contributed by atoms with van der Waals surface area (Å²) in [5.74, 6) is 1.88. The van der Waals surface area contributed by atoms with E-state index in [-0.39, 0.29) is 0 Å². The van der Waals surface area contributed by atoms with Crippen LogP contribution in [-0.2, 0) is 30.8 Å². The molecule has 23 heavy (non-hydrogen) atoms. The first-order chi connectivity index (χ1) is 11.4. The average Bonchev–Trinajstić information content (AvgIpc) is 3.22. The van der Waals surface area contributed by atoms with E-state index < -0.39 is 0 Å². The fourth-order valence-corrected chi connectivity index (χ4v) is 2.80. The predicted molar refractivity (Wildman–Crippen MR) is 81.4 cm³/mol. The van der Waals surface area contributed by atoms with Gasteiger partial charge in [0.2, 0.25) is 0 Å². The lowest BCUT2D eigenvalue weighted by Gasteiger charge is -2.07. The zero-order valence-electron chi connectivity index (χ0n) is 12.7. The molecule has 0 spiro atoms. The Kier molecular flexibility index (Phi) is 3.90. The van der Waals surface area contributed by atoms with Crippen LogP contribution in [0, 0.1) is 0 Å². The molecule has 0 saturated carbocycles. The summed E-state index contributed by atoms with van der Waals surface area (Å²) >= 11 is 0. The molecule has 2 aromatic heterocycles. The van der Waals surface area contributed by atoms with Gasteiger partial charge in [-0.1, -0.05) is 40.6 Å². The molecule has 0 bridgehead atoms. The first kappa shape index (κ1) is 14.1. The summed E-state index contributed by atoms with van der Waals surface area (Å²) in [7, 11) is 0. The molecule has 1 aliphatic rings. The van der Waals surface area contributed by atoms with E-state index in [1.165, 1.54) is 0 Å². The normalized spacial score (nSPS) is 13.9. The molecule has 0 atom stereocenters. The molecule has 1 aromatic carbocycles. The van der Waals surface area contributed by atoms with Crippen molar-refractivity contribution in [2.45, 2.75) is 38.9 Å². The number of rotatable bonds is 5. The minimum absolute atomic E-state index is 0.304. The first-order valence-corrected chi connectivity index (χ1v) is 7.82. The number of aryl methyl sites for hydroxylation is 1. The van der Waals surface area contributed by atoms with Crippen LogP contribution in [0.1, 0.15) is 35.6 Å². The summed E-state index contributed by atoms with van der Waals surface area (Å²) in [5.41, 5.74) is 2.90. The van der Waals surface area contributed by atoms with Gasteiger partial charge in [-0.3, -0.25) is 0 Å². The molecule has 0 aliphatic heterocycles. The van der Waals surface area contributed by atoms with E-state index in [0.29, 0.717) is 30.6 Å². The molecule has 118 valence electrons. The molecule has 0 N–H and O–H groups in total. The van der Waals surface area contributed by atoms with Crippen molar-refractivity contribution in [3.8, 4) is 11.6 Å². The molecular formula is C17H17N3O3. The van der Waals surface area contributed by atoms with Crippen molar-refractivity contribution >= 4 is 0 Å². The van der Waals surface area contributed by atoms with Crippen molar-refractivity contribution in [2.75, 3.05) is 0 Å².